The van der Waals surface area contributed by atoms with Gasteiger partial charge < -0.3 is 5.11 Å². The van der Waals surface area contributed by atoms with E-state index in [1.807, 2.05) is 49.4 Å². The molecule has 29 heavy (non-hydrogen) atoms. The van der Waals surface area contributed by atoms with Crippen LogP contribution in [0.3, 0.4) is 0 Å². The molecule has 0 amide bonds. The predicted octanol–water partition coefficient (Wildman–Crippen LogP) is 5.59. The van der Waals surface area contributed by atoms with Gasteiger partial charge in [0.2, 0.25) is 0 Å². The van der Waals surface area contributed by atoms with Crippen LogP contribution in [0.5, 0.6) is 0 Å². The molecule has 0 aliphatic rings. The zero-order chi connectivity index (χ0) is 20.5. The molecular weight excluding hydrogens is 367 g/mol. The minimum atomic E-state index is -1.29. The number of benzene rings is 3. The van der Waals surface area contributed by atoms with Gasteiger partial charge in [0.1, 0.15) is 11.9 Å². The summed E-state index contributed by atoms with van der Waals surface area (Å²) in [7, 11) is 0. The van der Waals surface area contributed by atoms with E-state index < -0.39 is 11.8 Å². The zero-order valence-electron chi connectivity index (χ0n) is 15.5. The third kappa shape index (κ3) is 3.32. The van der Waals surface area contributed by atoms with Gasteiger partial charge in [-0.3, -0.25) is 0 Å². The van der Waals surface area contributed by atoms with Crippen LogP contribution in [0.1, 0.15) is 21.5 Å². The Kier molecular flexibility index (Phi) is 4.53. The fourth-order valence-corrected chi connectivity index (χ4v) is 3.34. The minimum Gasteiger partial charge on any atom is -0.478 e. The smallest absolute Gasteiger partial charge is 0.337 e. The van der Waals surface area contributed by atoms with E-state index in [0.717, 1.165) is 17.2 Å². The standard InChI is InChI=1S/C24H15FN2O2/c1-14-2-4-15(5-3-14)16-6-8-17(9-7-16)23-20(13-26)22(24(28)29)19-12-18(25)10-11-21(19)27-23/h2-12H,1H3,(H,28,29). The van der Waals surface area contributed by atoms with Gasteiger partial charge in [-0.1, -0.05) is 54.1 Å². The molecule has 140 valence electrons. The molecule has 4 nitrogen and oxygen atoms in total. The molecule has 0 fully saturated rings. The number of aromatic carboxylic acids is 1. The second-order valence-corrected chi connectivity index (χ2v) is 6.73. The number of aryl methyl sites for hydroxylation is 1. The average molecular weight is 382 g/mol. The maximum Gasteiger partial charge on any atom is 0.337 e. The molecule has 0 bridgehead atoms. The summed E-state index contributed by atoms with van der Waals surface area (Å²) < 4.78 is 13.7. The second kappa shape index (κ2) is 7.17. The molecule has 4 aromatic rings. The number of carboxylic acid groups (broad SMARTS) is 1. The van der Waals surface area contributed by atoms with Crippen LogP contribution in [0.2, 0.25) is 0 Å². The quantitative estimate of drug-likeness (QED) is 0.501. The van der Waals surface area contributed by atoms with Crippen molar-refractivity contribution < 1.29 is 14.3 Å². The number of hydrogen-bond donors (Lipinski definition) is 1. The van der Waals surface area contributed by atoms with Gasteiger partial charge >= 0.3 is 5.97 Å². The largest absolute Gasteiger partial charge is 0.478 e. The molecule has 1 N–H and O–H groups in total. The predicted molar refractivity (Wildman–Crippen MR) is 109 cm³/mol. The summed E-state index contributed by atoms with van der Waals surface area (Å²) in [4.78, 5) is 16.3. The van der Waals surface area contributed by atoms with E-state index >= 15 is 0 Å². The van der Waals surface area contributed by atoms with Crippen molar-refractivity contribution in [3.8, 4) is 28.5 Å². The van der Waals surface area contributed by atoms with Gasteiger partial charge in [-0.25, -0.2) is 14.2 Å². The van der Waals surface area contributed by atoms with Crippen LogP contribution in [-0.2, 0) is 0 Å². The average Bonchev–Trinajstić information content (AvgIpc) is 2.73. The molecule has 1 heterocycles. The topological polar surface area (TPSA) is 74.0 Å². The Morgan fingerprint density at radius 3 is 2.14 bits per heavy atom. The Hall–Kier alpha value is -4.04. The van der Waals surface area contributed by atoms with Crippen molar-refractivity contribution in [2.75, 3.05) is 0 Å². The molecule has 1 aromatic heterocycles. The molecule has 0 atom stereocenters. The lowest BCUT2D eigenvalue weighted by molar-refractivity contribution is 0.0698. The van der Waals surface area contributed by atoms with Crippen LogP contribution in [0, 0.1) is 24.1 Å². The lowest BCUT2D eigenvalue weighted by Crippen LogP contribution is -2.06. The van der Waals surface area contributed by atoms with E-state index in [1.165, 1.54) is 17.7 Å². The molecule has 3 aromatic carbocycles. The molecule has 0 saturated heterocycles. The van der Waals surface area contributed by atoms with Gasteiger partial charge in [0, 0.05) is 10.9 Å². The van der Waals surface area contributed by atoms with Crippen molar-refractivity contribution in [3.05, 3.63) is 89.2 Å². The highest BCUT2D eigenvalue weighted by Gasteiger charge is 2.21. The number of nitrogens with zero attached hydrogens (tertiary/aromatic N) is 2. The monoisotopic (exact) mass is 382 g/mol. The van der Waals surface area contributed by atoms with Crippen LogP contribution in [0.15, 0.2) is 66.7 Å². The molecule has 0 aliphatic carbocycles. The van der Waals surface area contributed by atoms with Crippen LogP contribution >= 0.6 is 0 Å². The molecule has 0 spiro atoms. The summed E-state index contributed by atoms with van der Waals surface area (Å²) >= 11 is 0. The molecular formula is C24H15FN2O2. The number of nitriles is 1. The van der Waals surface area contributed by atoms with Gasteiger partial charge in [0.25, 0.3) is 0 Å². The molecule has 4 rings (SSSR count). The number of carbonyl (C=O) groups is 1. The molecule has 0 saturated carbocycles. The number of rotatable bonds is 3. The van der Waals surface area contributed by atoms with Gasteiger partial charge in [-0.2, -0.15) is 5.26 Å². The SMILES string of the molecule is Cc1ccc(-c2ccc(-c3nc4ccc(F)cc4c(C(=O)O)c3C#N)cc2)cc1. The fraction of sp³-hybridized carbons (Fsp3) is 0.0417. The van der Waals surface area contributed by atoms with E-state index in [4.69, 9.17) is 0 Å². The minimum absolute atomic E-state index is 0.0846. The maximum atomic E-state index is 13.7. The third-order valence-electron chi connectivity index (χ3n) is 4.82. The van der Waals surface area contributed by atoms with Gasteiger partial charge in [-0.15, -0.1) is 0 Å². The summed E-state index contributed by atoms with van der Waals surface area (Å²) in [5.74, 6) is -1.88. The highest BCUT2D eigenvalue weighted by atomic mass is 19.1. The third-order valence-corrected chi connectivity index (χ3v) is 4.82. The second-order valence-electron chi connectivity index (χ2n) is 6.73. The van der Waals surface area contributed by atoms with Crippen molar-refractivity contribution in [1.29, 1.82) is 5.26 Å². The van der Waals surface area contributed by atoms with E-state index in [0.29, 0.717) is 11.1 Å². The first kappa shape index (κ1) is 18.3. The van der Waals surface area contributed by atoms with E-state index in [-0.39, 0.29) is 22.2 Å². The Labute approximate surface area is 166 Å². The summed E-state index contributed by atoms with van der Waals surface area (Å²) in [5, 5.41) is 19.4. The number of carboxylic acids is 1. The van der Waals surface area contributed by atoms with Crippen molar-refractivity contribution in [2.24, 2.45) is 0 Å². The summed E-state index contributed by atoms with van der Waals surface area (Å²) in [5.41, 5.74) is 4.09. The van der Waals surface area contributed by atoms with E-state index in [2.05, 4.69) is 4.98 Å². The normalized spacial score (nSPS) is 10.7. The molecule has 5 heteroatoms. The zero-order valence-corrected chi connectivity index (χ0v) is 15.5. The Morgan fingerprint density at radius 1 is 0.966 bits per heavy atom. The van der Waals surface area contributed by atoms with Gasteiger partial charge in [0.15, 0.2) is 0 Å². The van der Waals surface area contributed by atoms with Crippen molar-refractivity contribution in [3.63, 3.8) is 0 Å². The maximum absolute atomic E-state index is 13.7. The highest BCUT2D eigenvalue weighted by molar-refractivity contribution is 6.06. The number of halogens is 1. The van der Waals surface area contributed by atoms with Crippen LogP contribution in [-0.4, -0.2) is 16.1 Å². The molecule has 0 aliphatic heterocycles. The lowest BCUT2D eigenvalue weighted by Gasteiger charge is -2.11. The van der Waals surface area contributed by atoms with Gasteiger partial charge in [-0.05, 0) is 36.2 Å². The van der Waals surface area contributed by atoms with E-state index in [1.54, 1.807) is 12.1 Å². The highest BCUT2D eigenvalue weighted by Crippen LogP contribution is 2.31. The number of hydrogen-bond acceptors (Lipinski definition) is 3. The lowest BCUT2D eigenvalue weighted by atomic mass is 9.96. The summed E-state index contributed by atoms with van der Waals surface area (Å²) in [6.07, 6.45) is 0. The van der Waals surface area contributed by atoms with Gasteiger partial charge in [0.05, 0.1) is 22.3 Å². The number of aromatic nitrogens is 1. The molecule has 0 unspecified atom stereocenters. The first-order chi connectivity index (χ1) is 14.0. The van der Waals surface area contributed by atoms with Crippen LogP contribution in [0.25, 0.3) is 33.3 Å². The Morgan fingerprint density at radius 2 is 1.55 bits per heavy atom. The molecule has 0 radical (unpaired) electrons. The van der Waals surface area contributed by atoms with Crippen molar-refractivity contribution >= 4 is 16.9 Å². The van der Waals surface area contributed by atoms with Crippen molar-refractivity contribution in [1.82, 2.24) is 4.98 Å². The van der Waals surface area contributed by atoms with Crippen LogP contribution in [0.4, 0.5) is 4.39 Å². The number of pyridine rings is 1. The van der Waals surface area contributed by atoms with Crippen molar-refractivity contribution in [2.45, 2.75) is 6.92 Å². The Bertz CT molecular complexity index is 1290. The summed E-state index contributed by atoms with van der Waals surface area (Å²) in [6, 6.07) is 21.2. The fourth-order valence-electron chi connectivity index (χ4n) is 3.34. The Balaban J connectivity index is 1.89. The first-order valence-corrected chi connectivity index (χ1v) is 8.92. The first-order valence-electron chi connectivity index (χ1n) is 8.92. The van der Waals surface area contributed by atoms with Crippen LogP contribution < -0.4 is 0 Å². The number of fused-ring (bicyclic) bond motifs is 1. The summed E-state index contributed by atoms with van der Waals surface area (Å²) in [6.45, 7) is 2.02. The van der Waals surface area contributed by atoms with E-state index in [9.17, 15) is 19.6 Å².